The lowest BCUT2D eigenvalue weighted by Gasteiger charge is -2.13. The number of rotatable bonds is 13. The Morgan fingerprint density at radius 2 is 1.64 bits per heavy atom. The Hall–Kier alpha value is -4.38. The minimum absolute atomic E-state index is 0.198. The van der Waals surface area contributed by atoms with Crippen LogP contribution < -0.4 is 18.9 Å². The molecule has 1 fully saturated rings. The van der Waals surface area contributed by atoms with Crippen LogP contribution in [0, 0.1) is 5.92 Å². The number of ether oxygens (including phenoxy) is 4. The first-order chi connectivity index (χ1) is 22.7. The van der Waals surface area contributed by atoms with Crippen LogP contribution in [0.5, 0.6) is 23.0 Å². The van der Waals surface area contributed by atoms with Crippen molar-refractivity contribution in [3.8, 4) is 23.0 Å². The van der Waals surface area contributed by atoms with Crippen molar-refractivity contribution in [2.24, 2.45) is 16.1 Å². The summed E-state index contributed by atoms with van der Waals surface area (Å²) in [5, 5.41) is 10.2. The smallest absolute Gasteiger partial charge is 0.267 e. The summed E-state index contributed by atoms with van der Waals surface area (Å²) in [5.74, 6) is 3.04. The zero-order chi connectivity index (χ0) is 33.3. The van der Waals surface area contributed by atoms with Crippen molar-refractivity contribution in [2.75, 3.05) is 20.8 Å². The Kier molecular flexibility index (Phi) is 11.5. The standard InChI is InChI=1S/C35H33Cl2N3O6S/c1-22(2)20-45-29-12-8-24(15-32(29)43-4)18-38-39-35-40(19-27-6-5-13-44-27)34(41)33(47-35)16-23-7-11-30(31(14-23)42-3)46-21-25-9-10-26(36)17-28(25)37/h5-18,22H,19-21H2,1-4H3/b33-16-,38-18-,39-35+. The number of thioether (sulfide) groups is 1. The van der Waals surface area contributed by atoms with Crippen LogP contribution >= 0.6 is 35.0 Å². The lowest BCUT2D eigenvalue weighted by atomic mass is 10.1. The van der Waals surface area contributed by atoms with E-state index in [0.29, 0.717) is 61.4 Å². The molecule has 47 heavy (non-hydrogen) atoms. The highest BCUT2D eigenvalue weighted by Crippen LogP contribution is 2.36. The topological polar surface area (TPSA) is 95.1 Å². The number of halogens is 2. The molecule has 0 unspecified atom stereocenters. The molecule has 3 aromatic carbocycles. The zero-order valence-corrected chi connectivity index (χ0v) is 28.6. The molecule has 9 nitrogen and oxygen atoms in total. The first-order valence-corrected chi connectivity index (χ1v) is 16.2. The molecular formula is C35H33Cl2N3O6S. The van der Waals surface area contributed by atoms with Crippen molar-refractivity contribution in [3.63, 3.8) is 0 Å². The normalized spacial score (nSPS) is 15.0. The second-order valence-corrected chi connectivity index (χ2v) is 12.6. The molecule has 4 aromatic rings. The molecule has 12 heteroatoms. The summed E-state index contributed by atoms with van der Waals surface area (Å²) in [5.41, 5.74) is 2.29. The van der Waals surface area contributed by atoms with Crippen molar-refractivity contribution >= 4 is 58.3 Å². The van der Waals surface area contributed by atoms with Crippen LogP contribution in [0.2, 0.25) is 10.0 Å². The molecule has 2 heterocycles. The van der Waals surface area contributed by atoms with E-state index in [4.69, 9.17) is 46.6 Å². The first kappa shape index (κ1) is 34.0. The van der Waals surface area contributed by atoms with Gasteiger partial charge in [-0.2, -0.15) is 5.10 Å². The number of nitrogens with zero attached hydrogens (tertiary/aromatic N) is 3. The van der Waals surface area contributed by atoms with Gasteiger partial charge in [0.15, 0.2) is 28.2 Å². The third-order valence-corrected chi connectivity index (χ3v) is 8.36. The number of furan rings is 1. The molecule has 1 aliphatic heterocycles. The maximum atomic E-state index is 13.6. The van der Waals surface area contributed by atoms with Crippen LogP contribution in [-0.4, -0.2) is 43.0 Å². The van der Waals surface area contributed by atoms with E-state index in [2.05, 4.69) is 24.1 Å². The van der Waals surface area contributed by atoms with Crippen LogP contribution in [-0.2, 0) is 17.9 Å². The summed E-state index contributed by atoms with van der Waals surface area (Å²) in [6.07, 6.45) is 4.94. The summed E-state index contributed by atoms with van der Waals surface area (Å²) in [6.45, 7) is 5.17. The van der Waals surface area contributed by atoms with Crippen molar-refractivity contribution in [1.82, 2.24) is 4.90 Å². The Labute approximate surface area is 287 Å². The summed E-state index contributed by atoms with van der Waals surface area (Å²) in [4.78, 5) is 15.6. The van der Waals surface area contributed by atoms with E-state index in [0.717, 1.165) is 16.7 Å². The molecule has 1 aromatic heterocycles. The fourth-order valence-corrected chi connectivity index (χ4v) is 5.80. The van der Waals surface area contributed by atoms with Gasteiger partial charge in [-0.1, -0.05) is 49.2 Å². The maximum absolute atomic E-state index is 13.6. The molecule has 0 bridgehead atoms. The number of methoxy groups -OCH3 is 2. The van der Waals surface area contributed by atoms with Gasteiger partial charge < -0.3 is 23.4 Å². The van der Waals surface area contributed by atoms with Gasteiger partial charge in [-0.25, -0.2) is 0 Å². The minimum atomic E-state index is -0.231. The highest BCUT2D eigenvalue weighted by Gasteiger charge is 2.34. The quantitative estimate of drug-likeness (QED) is 0.0785. The van der Waals surface area contributed by atoms with Gasteiger partial charge >= 0.3 is 0 Å². The van der Waals surface area contributed by atoms with Crippen molar-refractivity contribution in [1.29, 1.82) is 0 Å². The SMILES string of the molecule is COc1cc(/C=C2\S/C(=N/N=C\c3ccc(OCC(C)C)c(OC)c3)N(Cc3ccco3)C2=O)ccc1OCc1ccc(Cl)cc1Cl. The van der Waals surface area contributed by atoms with Crippen molar-refractivity contribution < 1.29 is 28.2 Å². The molecule has 244 valence electrons. The van der Waals surface area contributed by atoms with Gasteiger partial charge in [-0.15, -0.1) is 5.10 Å². The van der Waals surface area contributed by atoms with Gasteiger partial charge in [0, 0.05) is 15.6 Å². The van der Waals surface area contributed by atoms with Crippen molar-refractivity contribution in [3.05, 3.63) is 110 Å². The van der Waals surface area contributed by atoms with Gasteiger partial charge in [-0.05, 0) is 89.5 Å². The summed E-state index contributed by atoms with van der Waals surface area (Å²) in [7, 11) is 3.15. The zero-order valence-electron chi connectivity index (χ0n) is 26.2. The summed E-state index contributed by atoms with van der Waals surface area (Å²) < 4.78 is 28.4. The molecule has 1 aliphatic rings. The average molecular weight is 695 g/mol. The minimum Gasteiger partial charge on any atom is -0.493 e. The predicted octanol–water partition coefficient (Wildman–Crippen LogP) is 8.72. The Morgan fingerprint density at radius 1 is 0.915 bits per heavy atom. The highest BCUT2D eigenvalue weighted by molar-refractivity contribution is 8.18. The summed E-state index contributed by atoms with van der Waals surface area (Å²) >= 11 is 13.5. The fraction of sp³-hybridized carbons (Fsp3) is 0.229. The van der Waals surface area contributed by atoms with Crippen LogP contribution in [0.25, 0.3) is 6.08 Å². The molecule has 0 aliphatic carbocycles. The molecule has 0 atom stereocenters. The van der Waals surface area contributed by atoms with Gasteiger partial charge in [0.2, 0.25) is 0 Å². The van der Waals surface area contributed by atoms with Crippen LogP contribution in [0.1, 0.15) is 36.3 Å². The van der Waals surface area contributed by atoms with E-state index in [-0.39, 0.29) is 19.1 Å². The fourth-order valence-electron chi connectivity index (χ4n) is 4.40. The Bertz CT molecular complexity index is 1810. The third-order valence-electron chi connectivity index (χ3n) is 6.78. The number of carbonyl (C=O) groups is 1. The second-order valence-electron chi connectivity index (χ2n) is 10.8. The number of hydrogen-bond donors (Lipinski definition) is 0. The predicted molar refractivity (Wildman–Crippen MR) is 187 cm³/mol. The molecule has 0 saturated carbocycles. The molecule has 0 radical (unpaired) electrons. The van der Waals surface area contributed by atoms with Crippen LogP contribution in [0.3, 0.4) is 0 Å². The van der Waals surface area contributed by atoms with Gasteiger partial charge in [0.25, 0.3) is 5.91 Å². The average Bonchev–Trinajstić information content (AvgIpc) is 3.68. The Balaban J connectivity index is 1.35. The van der Waals surface area contributed by atoms with Crippen LogP contribution in [0.4, 0.5) is 0 Å². The van der Waals surface area contributed by atoms with Gasteiger partial charge in [-0.3, -0.25) is 9.69 Å². The largest absolute Gasteiger partial charge is 0.493 e. The van der Waals surface area contributed by atoms with E-state index < -0.39 is 0 Å². The molecule has 0 N–H and O–H groups in total. The summed E-state index contributed by atoms with van der Waals surface area (Å²) in [6, 6.07) is 19.8. The van der Waals surface area contributed by atoms with E-state index in [9.17, 15) is 4.79 Å². The number of amidine groups is 1. The van der Waals surface area contributed by atoms with E-state index in [1.807, 2.05) is 30.3 Å². The lowest BCUT2D eigenvalue weighted by Crippen LogP contribution is -2.28. The maximum Gasteiger partial charge on any atom is 0.267 e. The number of hydrogen-bond acceptors (Lipinski definition) is 9. The number of amides is 1. The molecule has 1 saturated heterocycles. The Morgan fingerprint density at radius 3 is 2.32 bits per heavy atom. The molecule has 0 spiro atoms. The number of carbonyl (C=O) groups excluding carboxylic acids is 1. The van der Waals surface area contributed by atoms with Gasteiger partial charge in [0.05, 0.1) is 44.8 Å². The van der Waals surface area contributed by atoms with Crippen molar-refractivity contribution in [2.45, 2.75) is 27.0 Å². The van der Waals surface area contributed by atoms with E-state index in [1.54, 1.807) is 69.2 Å². The molecule has 5 rings (SSSR count). The number of benzene rings is 3. The monoisotopic (exact) mass is 693 g/mol. The molecule has 1 amide bonds. The van der Waals surface area contributed by atoms with E-state index >= 15 is 0 Å². The molecular weight excluding hydrogens is 661 g/mol. The van der Waals surface area contributed by atoms with Crippen LogP contribution in [0.15, 0.2) is 92.5 Å². The first-order valence-electron chi connectivity index (χ1n) is 14.6. The lowest BCUT2D eigenvalue weighted by molar-refractivity contribution is -0.122. The second kappa shape index (κ2) is 15.9. The highest BCUT2D eigenvalue weighted by atomic mass is 35.5. The van der Waals surface area contributed by atoms with E-state index in [1.165, 1.54) is 16.7 Å². The third kappa shape index (κ3) is 8.91. The van der Waals surface area contributed by atoms with Gasteiger partial charge in [0.1, 0.15) is 12.4 Å².